The molecule has 2 unspecified atom stereocenters. The lowest BCUT2D eigenvalue weighted by Crippen LogP contribution is -2.54. The van der Waals surface area contributed by atoms with E-state index in [4.69, 9.17) is 9.15 Å². The van der Waals surface area contributed by atoms with E-state index in [0.717, 1.165) is 5.56 Å². The summed E-state index contributed by atoms with van der Waals surface area (Å²) in [5.41, 5.74) is 6.27. The van der Waals surface area contributed by atoms with Gasteiger partial charge in [-0.3, -0.25) is 10.2 Å². The zero-order valence-electron chi connectivity index (χ0n) is 14.2. The molecule has 3 amide bonds. The first kappa shape index (κ1) is 17.0. The van der Waals surface area contributed by atoms with E-state index in [9.17, 15) is 9.59 Å². The Morgan fingerprint density at radius 2 is 1.88 bits per heavy atom. The highest BCUT2D eigenvalue weighted by Gasteiger charge is 2.29. The lowest BCUT2D eigenvalue weighted by molar-refractivity contribution is -0.0658. The minimum absolute atomic E-state index is 0.100. The molecule has 1 aromatic heterocycles. The van der Waals surface area contributed by atoms with Crippen molar-refractivity contribution in [1.29, 1.82) is 0 Å². The summed E-state index contributed by atoms with van der Waals surface area (Å²) in [6.07, 6.45) is 1.14. The molecular weight excluding hydrogens is 322 g/mol. The van der Waals surface area contributed by atoms with E-state index in [-0.39, 0.29) is 18.2 Å². The van der Waals surface area contributed by atoms with E-state index in [1.54, 1.807) is 17.9 Å². The van der Waals surface area contributed by atoms with Crippen molar-refractivity contribution in [3.63, 3.8) is 0 Å². The number of aryl methyl sites for hydroxylation is 1. The van der Waals surface area contributed by atoms with Crippen molar-refractivity contribution in [2.24, 2.45) is 0 Å². The Morgan fingerprint density at radius 3 is 2.56 bits per heavy atom. The molecule has 0 radical (unpaired) electrons. The fourth-order valence-corrected chi connectivity index (χ4v) is 2.85. The van der Waals surface area contributed by atoms with Crippen LogP contribution in [0, 0.1) is 6.92 Å². The second kappa shape index (κ2) is 7.40. The molecule has 1 saturated heterocycles. The summed E-state index contributed by atoms with van der Waals surface area (Å²) in [5.74, 6) is 0.0800. The Balaban J connectivity index is 1.59. The first-order valence-electron chi connectivity index (χ1n) is 8.14. The molecule has 1 fully saturated rings. The smallest absolute Gasteiger partial charge is 0.336 e. The van der Waals surface area contributed by atoms with Crippen LogP contribution in [0.4, 0.5) is 4.79 Å². The molecular formula is C18H21N3O4. The van der Waals surface area contributed by atoms with E-state index in [0.29, 0.717) is 24.4 Å². The van der Waals surface area contributed by atoms with Crippen LogP contribution < -0.4 is 10.9 Å². The van der Waals surface area contributed by atoms with Gasteiger partial charge in [0.05, 0.1) is 24.5 Å². The molecule has 132 valence electrons. The molecule has 7 heteroatoms. The minimum atomic E-state index is -0.416. The number of ether oxygens (including phenoxy) is 1. The number of benzene rings is 1. The van der Waals surface area contributed by atoms with Gasteiger partial charge in [0.15, 0.2) is 0 Å². The van der Waals surface area contributed by atoms with E-state index in [2.05, 4.69) is 10.9 Å². The monoisotopic (exact) mass is 343 g/mol. The molecule has 25 heavy (non-hydrogen) atoms. The third kappa shape index (κ3) is 4.00. The van der Waals surface area contributed by atoms with Crippen molar-refractivity contribution in [2.75, 3.05) is 13.1 Å². The number of urea groups is 1. The second-order valence-electron chi connectivity index (χ2n) is 6.03. The second-order valence-corrected chi connectivity index (χ2v) is 6.03. The van der Waals surface area contributed by atoms with Crippen molar-refractivity contribution in [1.82, 2.24) is 15.8 Å². The Labute approximate surface area is 145 Å². The number of amides is 3. The number of hydrogen-bond donors (Lipinski definition) is 2. The Kier molecular flexibility index (Phi) is 5.04. The van der Waals surface area contributed by atoms with Gasteiger partial charge in [-0.15, -0.1) is 0 Å². The van der Waals surface area contributed by atoms with Crippen molar-refractivity contribution in [2.45, 2.75) is 26.1 Å². The van der Waals surface area contributed by atoms with Crippen molar-refractivity contribution >= 4 is 11.9 Å². The standard InChI is InChI=1S/C18H21N3O4/c1-12-10-21(11-16(25-12)14-6-4-3-5-7-14)18(23)20-19-17(22)15-8-9-24-13(15)2/h3-9,12,16H,10-11H2,1-2H3,(H,19,22)(H,20,23). The maximum atomic E-state index is 12.4. The van der Waals surface area contributed by atoms with Gasteiger partial charge in [0.1, 0.15) is 11.9 Å². The molecule has 0 bridgehead atoms. The highest BCUT2D eigenvalue weighted by molar-refractivity contribution is 5.96. The van der Waals surface area contributed by atoms with Gasteiger partial charge in [0, 0.05) is 6.54 Å². The molecule has 2 heterocycles. The number of nitrogens with one attached hydrogen (secondary N) is 2. The summed E-state index contributed by atoms with van der Waals surface area (Å²) in [4.78, 5) is 26.1. The number of carbonyl (C=O) groups is 2. The van der Waals surface area contributed by atoms with Gasteiger partial charge in [-0.2, -0.15) is 0 Å². The topological polar surface area (TPSA) is 83.8 Å². The van der Waals surface area contributed by atoms with E-state index in [1.807, 2.05) is 37.3 Å². The summed E-state index contributed by atoms with van der Waals surface area (Å²) in [5, 5.41) is 0. The van der Waals surface area contributed by atoms with Gasteiger partial charge in [0.2, 0.25) is 0 Å². The lowest BCUT2D eigenvalue weighted by atomic mass is 10.1. The molecule has 0 saturated carbocycles. The van der Waals surface area contributed by atoms with Crippen LogP contribution in [0.3, 0.4) is 0 Å². The lowest BCUT2D eigenvalue weighted by Gasteiger charge is -2.36. The van der Waals surface area contributed by atoms with Gasteiger partial charge in [-0.25, -0.2) is 10.2 Å². The summed E-state index contributed by atoms with van der Waals surface area (Å²) in [6.45, 7) is 4.48. The zero-order chi connectivity index (χ0) is 17.8. The highest BCUT2D eigenvalue weighted by Crippen LogP contribution is 2.24. The SMILES string of the molecule is Cc1occc1C(=O)NNC(=O)N1CC(C)OC(c2ccccc2)C1. The van der Waals surface area contributed by atoms with E-state index in [1.165, 1.54) is 6.26 Å². The Bertz CT molecular complexity index is 744. The number of hydrazine groups is 1. The molecule has 2 N–H and O–H groups in total. The largest absolute Gasteiger partial charge is 0.469 e. The molecule has 7 nitrogen and oxygen atoms in total. The molecule has 1 aromatic carbocycles. The minimum Gasteiger partial charge on any atom is -0.469 e. The van der Waals surface area contributed by atoms with Gasteiger partial charge in [-0.1, -0.05) is 30.3 Å². The van der Waals surface area contributed by atoms with Gasteiger partial charge in [-0.05, 0) is 25.5 Å². The maximum absolute atomic E-state index is 12.4. The number of rotatable bonds is 2. The molecule has 3 rings (SSSR count). The van der Waals surface area contributed by atoms with Crippen LogP contribution in [0.1, 0.15) is 34.7 Å². The summed E-state index contributed by atoms with van der Waals surface area (Å²) in [6, 6.07) is 11.0. The molecule has 2 aromatic rings. The van der Waals surface area contributed by atoms with Gasteiger partial charge in [0.25, 0.3) is 5.91 Å². The number of furan rings is 1. The van der Waals surface area contributed by atoms with Crippen molar-refractivity contribution in [3.8, 4) is 0 Å². The molecule has 1 aliphatic heterocycles. The predicted octanol–water partition coefficient (Wildman–Crippen LogP) is 2.40. The average molecular weight is 343 g/mol. The number of nitrogens with zero attached hydrogens (tertiary/aromatic N) is 1. The maximum Gasteiger partial charge on any atom is 0.336 e. The molecule has 0 aliphatic carbocycles. The Hall–Kier alpha value is -2.80. The van der Waals surface area contributed by atoms with E-state index >= 15 is 0 Å². The fraction of sp³-hybridized carbons (Fsp3) is 0.333. The van der Waals surface area contributed by atoms with Crippen LogP contribution in [0.15, 0.2) is 47.1 Å². The third-order valence-corrected chi connectivity index (χ3v) is 4.11. The third-order valence-electron chi connectivity index (χ3n) is 4.11. The van der Waals surface area contributed by atoms with Crippen LogP contribution in [-0.4, -0.2) is 36.0 Å². The van der Waals surface area contributed by atoms with E-state index < -0.39 is 5.91 Å². The normalized spacial score (nSPS) is 20.2. The number of hydrogen-bond acceptors (Lipinski definition) is 4. The van der Waals surface area contributed by atoms with Crippen molar-refractivity contribution < 1.29 is 18.7 Å². The van der Waals surface area contributed by atoms with Crippen LogP contribution in [-0.2, 0) is 4.74 Å². The quantitative estimate of drug-likeness (QED) is 0.820. The number of morpholine rings is 1. The fourth-order valence-electron chi connectivity index (χ4n) is 2.85. The average Bonchev–Trinajstić information content (AvgIpc) is 3.05. The van der Waals surface area contributed by atoms with Crippen LogP contribution in [0.2, 0.25) is 0 Å². The summed E-state index contributed by atoms with van der Waals surface area (Å²) >= 11 is 0. The first-order valence-corrected chi connectivity index (χ1v) is 8.14. The highest BCUT2D eigenvalue weighted by atomic mass is 16.5. The van der Waals surface area contributed by atoms with Crippen molar-refractivity contribution in [3.05, 3.63) is 59.5 Å². The first-order chi connectivity index (χ1) is 12.0. The predicted molar refractivity (Wildman–Crippen MR) is 90.7 cm³/mol. The summed E-state index contributed by atoms with van der Waals surface area (Å²) in [7, 11) is 0. The van der Waals surface area contributed by atoms with Crippen LogP contribution in [0.5, 0.6) is 0 Å². The number of carbonyl (C=O) groups excluding carboxylic acids is 2. The molecule has 1 aliphatic rings. The van der Waals surface area contributed by atoms with Crippen LogP contribution in [0.25, 0.3) is 0 Å². The summed E-state index contributed by atoms with van der Waals surface area (Å²) < 4.78 is 11.0. The van der Waals surface area contributed by atoms with Crippen LogP contribution >= 0.6 is 0 Å². The molecule has 2 atom stereocenters. The zero-order valence-corrected chi connectivity index (χ0v) is 14.2. The van der Waals surface area contributed by atoms with Gasteiger partial charge >= 0.3 is 6.03 Å². The Morgan fingerprint density at radius 1 is 1.12 bits per heavy atom. The molecule has 0 spiro atoms. The van der Waals surface area contributed by atoms with Gasteiger partial charge < -0.3 is 14.1 Å².